The van der Waals surface area contributed by atoms with E-state index in [1.165, 1.54) is 23.9 Å². The number of furan rings is 1. The Balaban J connectivity index is 1.50. The van der Waals surface area contributed by atoms with Crippen LogP contribution in [0.1, 0.15) is 0 Å². The third-order valence-corrected chi connectivity index (χ3v) is 5.94. The van der Waals surface area contributed by atoms with Gasteiger partial charge in [-0.1, -0.05) is 41.6 Å². The van der Waals surface area contributed by atoms with Gasteiger partial charge in [0.1, 0.15) is 22.7 Å². The summed E-state index contributed by atoms with van der Waals surface area (Å²) in [6.45, 7) is 0. The molecule has 31 heavy (non-hydrogen) atoms. The summed E-state index contributed by atoms with van der Waals surface area (Å²) in [5.74, 6) is 0.958. The molecule has 0 saturated carbocycles. The fourth-order valence-corrected chi connectivity index (χ4v) is 4.35. The third-order valence-electron chi connectivity index (χ3n) is 4.71. The summed E-state index contributed by atoms with van der Waals surface area (Å²) in [6.07, 6.45) is 0. The molecule has 0 aliphatic carbocycles. The van der Waals surface area contributed by atoms with E-state index in [-0.39, 0.29) is 5.69 Å². The van der Waals surface area contributed by atoms with Gasteiger partial charge in [-0.25, -0.2) is 0 Å². The minimum atomic E-state index is -0.425. The maximum atomic E-state index is 11.5. The second kappa shape index (κ2) is 7.98. The second-order valence-corrected chi connectivity index (χ2v) is 8.42. The van der Waals surface area contributed by atoms with Crippen molar-refractivity contribution in [1.29, 1.82) is 0 Å². The molecule has 0 atom stereocenters. The molecular formula is C24H14ClNO4S. The number of ether oxygens (including phenoxy) is 1. The SMILES string of the molecule is O=[N+]([O-])c1cc(Oc2ccc3oc4ccccc4c3c2)cc(Sc2ccc(Cl)cc2)c1. The predicted molar refractivity (Wildman–Crippen MR) is 122 cm³/mol. The van der Waals surface area contributed by atoms with Gasteiger partial charge in [0.05, 0.1) is 11.0 Å². The number of benzene rings is 4. The molecule has 5 aromatic rings. The van der Waals surface area contributed by atoms with Crippen LogP contribution in [0.3, 0.4) is 0 Å². The molecule has 0 aliphatic rings. The number of nitrogens with zero attached hydrogens (tertiary/aromatic N) is 1. The largest absolute Gasteiger partial charge is 0.457 e. The molecule has 5 nitrogen and oxygen atoms in total. The number of nitro benzene ring substituents is 1. The molecule has 0 radical (unpaired) electrons. The van der Waals surface area contributed by atoms with Crippen LogP contribution in [0.5, 0.6) is 11.5 Å². The second-order valence-electron chi connectivity index (χ2n) is 6.83. The van der Waals surface area contributed by atoms with Gasteiger partial charge in [0.25, 0.3) is 5.69 Å². The molecule has 4 aromatic carbocycles. The Kier molecular flexibility index (Phi) is 5.02. The number of para-hydroxylation sites is 1. The van der Waals surface area contributed by atoms with Crippen molar-refractivity contribution in [2.75, 3.05) is 0 Å². The van der Waals surface area contributed by atoms with E-state index in [9.17, 15) is 10.1 Å². The fourth-order valence-electron chi connectivity index (χ4n) is 3.32. The minimum absolute atomic E-state index is 0.0381. The van der Waals surface area contributed by atoms with Crippen molar-refractivity contribution < 1.29 is 14.1 Å². The van der Waals surface area contributed by atoms with Crippen LogP contribution >= 0.6 is 23.4 Å². The predicted octanol–water partition coefficient (Wildman–Crippen LogP) is 8.09. The Morgan fingerprint density at radius 2 is 1.58 bits per heavy atom. The van der Waals surface area contributed by atoms with E-state index in [2.05, 4.69) is 0 Å². The molecule has 0 saturated heterocycles. The van der Waals surface area contributed by atoms with Crippen LogP contribution in [0.15, 0.2) is 99.1 Å². The fraction of sp³-hybridized carbons (Fsp3) is 0. The number of halogens is 1. The summed E-state index contributed by atoms with van der Waals surface area (Å²) in [4.78, 5) is 12.6. The van der Waals surface area contributed by atoms with Crippen molar-refractivity contribution in [2.24, 2.45) is 0 Å². The molecule has 0 N–H and O–H groups in total. The highest BCUT2D eigenvalue weighted by atomic mass is 35.5. The maximum absolute atomic E-state index is 11.5. The monoisotopic (exact) mass is 447 g/mol. The molecule has 5 rings (SSSR count). The van der Waals surface area contributed by atoms with Crippen LogP contribution in [0.25, 0.3) is 21.9 Å². The number of hydrogen-bond donors (Lipinski definition) is 0. The zero-order chi connectivity index (χ0) is 21.4. The molecule has 1 heterocycles. The smallest absolute Gasteiger partial charge is 0.274 e. The van der Waals surface area contributed by atoms with E-state index in [0.717, 1.165) is 26.8 Å². The van der Waals surface area contributed by atoms with E-state index in [1.54, 1.807) is 24.3 Å². The standard InChI is InChI=1S/C24H14ClNO4S/c25-15-5-8-19(9-6-15)31-20-12-16(26(27)28)11-18(13-20)29-17-7-10-24-22(14-17)21-3-1-2-4-23(21)30-24/h1-14H. The van der Waals surface area contributed by atoms with Gasteiger partial charge in [0.2, 0.25) is 0 Å². The Morgan fingerprint density at radius 1 is 0.806 bits per heavy atom. The Hall–Kier alpha value is -3.48. The molecule has 0 unspecified atom stereocenters. The average Bonchev–Trinajstić information content (AvgIpc) is 3.13. The van der Waals surface area contributed by atoms with Gasteiger partial charge in [-0.2, -0.15) is 0 Å². The van der Waals surface area contributed by atoms with Crippen LogP contribution in [0.4, 0.5) is 5.69 Å². The van der Waals surface area contributed by atoms with E-state index in [4.69, 9.17) is 20.8 Å². The first-order chi connectivity index (χ1) is 15.0. The first-order valence-electron chi connectivity index (χ1n) is 9.37. The lowest BCUT2D eigenvalue weighted by Gasteiger charge is -2.08. The van der Waals surface area contributed by atoms with E-state index in [0.29, 0.717) is 21.4 Å². The van der Waals surface area contributed by atoms with Crippen molar-refractivity contribution in [3.63, 3.8) is 0 Å². The molecule has 0 aliphatic heterocycles. The number of fused-ring (bicyclic) bond motifs is 3. The Morgan fingerprint density at radius 3 is 2.39 bits per heavy atom. The summed E-state index contributed by atoms with van der Waals surface area (Å²) in [5, 5.41) is 14.0. The number of nitro groups is 1. The molecule has 0 bridgehead atoms. The Labute approximate surface area is 186 Å². The topological polar surface area (TPSA) is 65.5 Å². The van der Waals surface area contributed by atoms with E-state index >= 15 is 0 Å². The average molecular weight is 448 g/mol. The van der Waals surface area contributed by atoms with Gasteiger partial charge < -0.3 is 9.15 Å². The van der Waals surface area contributed by atoms with Gasteiger partial charge >= 0.3 is 0 Å². The van der Waals surface area contributed by atoms with Gasteiger partial charge in [-0.05, 0) is 54.6 Å². The normalized spacial score (nSPS) is 11.1. The molecule has 7 heteroatoms. The molecule has 0 fully saturated rings. The third kappa shape index (κ3) is 4.08. The van der Waals surface area contributed by atoms with Crippen molar-refractivity contribution in [1.82, 2.24) is 0 Å². The number of non-ortho nitro benzene ring substituents is 1. The maximum Gasteiger partial charge on any atom is 0.274 e. The lowest BCUT2D eigenvalue weighted by Crippen LogP contribution is -1.91. The van der Waals surface area contributed by atoms with Crippen molar-refractivity contribution >= 4 is 51.0 Å². The lowest BCUT2D eigenvalue weighted by molar-refractivity contribution is -0.385. The highest BCUT2D eigenvalue weighted by Gasteiger charge is 2.14. The zero-order valence-electron chi connectivity index (χ0n) is 15.9. The Bertz CT molecular complexity index is 1430. The van der Waals surface area contributed by atoms with Crippen LogP contribution < -0.4 is 4.74 Å². The molecular weight excluding hydrogens is 434 g/mol. The summed E-state index contributed by atoms with van der Waals surface area (Å²) >= 11 is 7.34. The minimum Gasteiger partial charge on any atom is -0.457 e. The summed E-state index contributed by atoms with van der Waals surface area (Å²) < 4.78 is 11.9. The van der Waals surface area contributed by atoms with Crippen molar-refractivity contribution in [3.05, 3.63) is 100 Å². The van der Waals surface area contributed by atoms with Crippen LogP contribution in [-0.4, -0.2) is 4.92 Å². The number of hydrogen-bond acceptors (Lipinski definition) is 5. The zero-order valence-corrected chi connectivity index (χ0v) is 17.5. The summed E-state index contributed by atoms with van der Waals surface area (Å²) in [6, 6.07) is 25.3. The molecule has 152 valence electrons. The van der Waals surface area contributed by atoms with Crippen LogP contribution in [-0.2, 0) is 0 Å². The van der Waals surface area contributed by atoms with Crippen molar-refractivity contribution in [2.45, 2.75) is 9.79 Å². The highest BCUT2D eigenvalue weighted by Crippen LogP contribution is 2.37. The number of rotatable bonds is 5. The lowest BCUT2D eigenvalue weighted by atomic mass is 10.1. The highest BCUT2D eigenvalue weighted by molar-refractivity contribution is 7.99. The molecule has 0 spiro atoms. The van der Waals surface area contributed by atoms with Gasteiger partial charge in [-0.3, -0.25) is 10.1 Å². The molecule has 0 amide bonds. The first kappa shape index (κ1) is 19.5. The van der Waals surface area contributed by atoms with Crippen LogP contribution in [0.2, 0.25) is 5.02 Å². The van der Waals surface area contributed by atoms with Gasteiger partial charge in [0.15, 0.2) is 0 Å². The van der Waals surface area contributed by atoms with Gasteiger partial charge in [-0.15, -0.1) is 0 Å². The van der Waals surface area contributed by atoms with Gasteiger partial charge in [0, 0.05) is 31.7 Å². The van der Waals surface area contributed by atoms with Crippen LogP contribution in [0, 0.1) is 10.1 Å². The van der Waals surface area contributed by atoms with E-state index in [1.807, 2.05) is 48.5 Å². The molecule has 1 aromatic heterocycles. The first-order valence-corrected chi connectivity index (χ1v) is 10.6. The summed E-state index contributed by atoms with van der Waals surface area (Å²) in [5.41, 5.74) is 1.52. The summed E-state index contributed by atoms with van der Waals surface area (Å²) in [7, 11) is 0. The van der Waals surface area contributed by atoms with E-state index < -0.39 is 4.92 Å². The quantitative estimate of drug-likeness (QED) is 0.201. The van der Waals surface area contributed by atoms with Crippen molar-refractivity contribution in [3.8, 4) is 11.5 Å².